The average Bonchev–Trinajstić information content (AvgIpc) is 2.69. The highest BCUT2D eigenvalue weighted by Crippen LogP contribution is 2.46. The molecule has 0 saturated carbocycles. The van der Waals surface area contributed by atoms with E-state index in [1.165, 1.54) is 4.31 Å². The summed E-state index contributed by atoms with van der Waals surface area (Å²) in [4.78, 5) is 13.1. The van der Waals surface area contributed by atoms with Crippen molar-refractivity contribution in [2.45, 2.75) is 18.2 Å². The summed E-state index contributed by atoms with van der Waals surface area (Å²) in [5, 5.41) is -1.12. The molecule has 0 bridgehead atoms. The summed E-state index contributed by atoms with van der Waals surface area (Å²) < 4.78 is 27.6. The van der Waals surface area contributed by atoms with Gasteiger partial charge in [-0.3, -0.25) is 9.10 Å². The number of rotatable bonds is 4. The van der Waals surface area contributed by atoms with Crippen LogP contribution in [0.25, 0.3) is 0 Å². The van der Waals surface area contributed by atoms with Crippen LogP contribution >= 0.6 is 0 Å². The molecular formula is C22H19NO3S. The molecule has 136 valence electrons. The van der Waals surface area contributed by atoms with Crippen LogP contribution in [0.4, 0.5) is 5.69 Å². The largest absolute Gasteiger partial charge is 0.293 e. The number of hydrogen-bond donors (Lipinski definition) is 0. The van der Waals surface area contributed by atoms with Crippen molar-refractivity contribution in [1.82, 2.24) is 0 Å². The standard InChI is InChI=1S/C22H19NO3S/c1-16-12-14-19(15-13-16)23-20(17-8-4-2-5-9-17)22(27(23,25)26)21(24)18-10-6-3-7-11-18/h2-15,20,22H,1H3/t20-,22-/m1/s1. The smallest absolute Gasteiger partial charge is 0.248 e. The van der Waals surface area contributed by atoms with E-state index in [2.05, 4.69) is 0 Å². The SMILES string of the molecule is Cc1ccc(N2[C@H](c3ccccc3)[C@H](C(=O)c3ccccc3)S2(=O)=O)cc1. The quantitative estimate of drug-likeness (QED) is 0.642. The highest BCUT2D eigenvalue weighted by molar-refractivity contribution is 7.95. The number of ketones is 1. The molecule has 1 saturated heterocycles. The van der Waals surface area contributed by atoms with Gasteiger partial charge in [0, 0.05) is 5.56 Å². The van der Waals surface area contributed by atoms with Gasteiger partial charge in [-0.05, 0) is 24.6 Å². The van der Waals surface area contributed by atoms with Crippen LogP contribution in [-0.2, 0) is 10.0 Å². The molecule has 4 rings (SSSR count). The van der Waals surface area contributed by atoms with E-state index in [1.54, 1.807) is 42.5 Å². The number of Topliss-reactive ketones (excluding diaryl/α,β-unsaturated/α-hetero) is 1. The summed E-state index contributed by atoms with van der Waals surface area (Å²) >= 11 is 0. The summed E-state index contributed by atoms with van der Waals surface area (Å²) in [6, 6.07) is 24.7. The van der Waals surface area contributed by atoms with Crippen molar-refractivity contribution in [3.8, 4) is 0 Å². The molecule has 27 heavy (non-hydrogen) atoms. The van der Waals surface area contributed by atoms with E-state index in [0.29, 0.717) is 11.3 Å². The zero-order chi connectivity index (χ0) is 19.0. The third-order valence-electron chi connectivity index (χ3n) is 4.88. The van der Waals surface area contributed by atoms with Gasteiger partial charge >= 0.3 is 0 Å². The predicted molar refractivity (Wildman–Crippen MR) is 106 cm³/mol. The first-order valence-electron chi connectivity index (χ1n) is 8.74. The third kappa shape index (κ3) is 2.94. The van der Waals surface area contributed by atoms with Crippen molar-refractivity contribution in [3.05, 3.63) is 102 Å². The summed E-state index contributed by atoms with van der Waals surface area (Å²) in [7, 11) is -3.79. The molecular weight excluding hydrogens is 358 g/mol. The van der Waals surface area contributed by atoms with Crippen LogP contribution < -0.4 is 4.31 Å². The molecule has 4 nitrogen and oxygen atoms in total. The zero-order valence-corrected chi connectivity index (χ0v) is 15.6. The van der Waals surface area contributed by atoms with Gasteiger partial charge in [0.2, 0.25) is 10.0 Å². The molecule has 0 spiro atoms. The fourth-order valence-corrected chi connectivity index (χ4v) is 5.55. The molecule has 5 heteroatoms. The number of carbonyl (C=O) groups excluding carboxylic acids is 1. The van der Waals surface area contributed by atoms with Crippen molar-refractivity contribution in [2.75, 3.05) is 4.31 Å². The van der Waals surface area contributed by atoms with Crippen molar-refractivity contribution in [3.63, 3.8) is 0 Å². The number of sulfonamides is 1. The summed E-state index contributed by atoms with van der Waals surface area (Å²) in [5.74, 6) is -0.368. The van der Waals surface area contributed by atoms with Crippen molar-refractivity contribution in [2.24, 2.45) is 0 Å². The van der Waals surface area contributed by atoms with Gasteiger partial charge < -0.3 is 0 Å². The Balaban J connectivity index is 1.81. The Hall–Kier alpha value is -2.92. The van der Waals surface area contributed by atoms with E-state index in [0.717, 1.165) is 11.1 Å². The van der Waals surface area contributed by atoms with E-state index in [1.807, 2.05) is 49.4 Å². The third-order valence-corrected chi connectivity index (χ3v) is 6.98. The first-order chi connectivity index (χ1) is 13.0. The lowest BCUT2D eigenvalue weighted by molar-refractivity contribution is 0.0971. The molecule has 0 amide bonds. The molecule has 0 N–H and O–H groups in total. The van der Waals surface area contributed by atoms with E-state index in [9.17, 15) is 13.2 Å². The van der Waals surface area contributed by atoms with Gasteiger partial charge in [-0.25, -0.2) is 8.42 Å². The average molecular weight is 377 g/mol. The summed E-state index contributed by atoms with van der Waals surface area (Å²) in [5.41, 5.74) is 2.84. The molecule has 3 aromatic rings. The van der Waals surface area contributed by atoms with Gasteiger partial charge in [-0.15, -0.1) is 0 Å². The van der Waals surface area contributed by atoms with Crippen molar-refractivity contribution in [1.29, 1.82) is 0 Å². The van der Waals surface area contributed by atoms with Crippen molar-refractivity contribution >= 4 is 21.5 Å². The van der Waals surface area contributed by atoms with Crippen molar-refractivity contribution < 1.29 is 13.2 Å². The predicted octanol–water partition coefficient (Wildman–Crippen LogP) is 4.14. The Bertz CT molecular complexity index is 1060. The zero-order valence-electron chi connectivity index (χ0n) is 14.8. The Morgan fingerprint density at radius 1 is 0.815 bits per heavy atom. The van der Waals surface area contributed by atoms with E-state index >= 15 is 0 Å². The fraction of sp³-hybridized carbons (Fsp3) is 0.136. The first-order valence-corrected chi connectivity index (χ1v) is 10.2. The van der Waals surface area contributed by atoms with Crippen LogP contribution in [0.1, 0.15) is 27.5 Å². The molecule has 0 aromatic heterocycles. The number of hydrogen-bond acceptors (Lipinski definition) is 3. The fourth-order valence-electron chi connectivity index (χ4n) is 3.51. The summed E-state index contributed by atoms with van der Waals surface area (Å²) in [6.07, 6.45) is 0. The normalized spacial score (nSPS) is 20.7. The molecule has 0 unspecified atom stereocenters. The Morgan fingerprint density at radius 2 is 1.37 bits per heavy atom. The lowest BCUT2D eigenvalue weighted by Crippen LogP contribution is -2.61. The molecule has 1 aliphatic rings. The van der Waals surface area contributed by atoms with Gasteiger partial charge in [0.25, 0.3) is 0 Å². The molecule has 1 heterocycles. The van der Waals surface area contributed by atoms with Crippen LogP contribution in [0.3, 0.4) is 0 Å². The van der Waals surface area contributed by atoms with Gasteiger partial charge in [0.1, 0.15) is 0 Å². The van der Waals surface area contributed by atoms with E-state index in [4.69, 9.17) is 0 Å². The number of nitrogens with zero attached hydrogens (tertiary/aromatic N) is 1. The minimum absolute atomic E-state index is 0.368. The van der Waals surface area contributed by atoms with Crippen LogP contribution in [0.15, 0.2) is 84.9 Å². The van der Waals surface area contributed by atoms with E-state index < -0.39 is 21.3 Å². The highest BCUT2D eigenvalue weighted by atomic mass is 32.2. The Labute approximate surface area is 159 Å². The van der Waals surface area contributed by atoms with Gasteiger partial charge in [0.05, 0.1) is 11.7 Å². The molecule has 0 aliphatic carbocycles. The minimum Gasteiger partial charge on any atom is -0.293 e. The molecule has 1 aliphatic heterocycles. The maximum absolute atomic E-state index is 13.1. The number of carbonyl (C=O) groups is 1. The number of benzene rings is 3. The topological polar surface area (TPSA) is 54.5 Å². The number of anilines is 1. The van der Waals surface area contributed by atoms with Gasteiger partial charge in [-0.2, -0.15) is 0 Å². The maximum Gasteiger partial charge on any atom is 0.248 e. The second-order valence-electron chi connectivity index (χ2n) is 6.68. The second-order valence-corrected chi connectivity index (χ2v) is 8.61. The monoisotopic (exact) mass is 377 g/mol. The lowest BCUT2D eigenvalue weighted by Gasteiger charge is -2.47. The van der Waals surface area contributed by atoms with Crippen LogP contribution in [0, 0.1) is 6.92 Å². The van der Waals surface area contributed by atoms with E-state index in [-0.39, 0.29) is 5.78 Å². The highest BCUT2D eigenvalue weighted by Gasteiger charge is 2.58. The Kier molecular flexibility index (Phi) is 4.32. The van der Waals surface area contributed by atoms with Gasteiger partial charge in [-0.1, -0.05) is 78.4 Å². The molecule has 2 atom stereocenters. The molecule has 0 radical (unpaired) electrons. The van der Waals surface area contributed by atoms with Gasteiger partial charge in [0.15, 0.2) is 11.0 Å². The summed E-state index contributed by atoms with van der Waals surface area (Å²) in [6.45, 7) is 1.95. The maximum atomic E-state index is 13.1. The lowest BCUT2D eigenvalue weighted by atomic mass is 9.96. The number of aryl methyl sites for hydroxylation is 1. The Morgan fingerprint density at radius 3 is 1.96 bits per heavy atom. The minimum atomic E-state index is -3.79. The second kappa shape index (κ2) is 6.67. The molecule has 1 fully saturated rings. The molecule has 3 aromatic carbocycles. The first kappa shape index (κ1) is 17.5. The van der Waals surface area contributed by atoms with Crippen LogP contribution in [-0.4, -0.2) is 19.5 Å². The van der Waals surface area contributed by atoms with Crippen LogP contribution in [0.2, 0.25) is 0 Å². The van der Waals surface area contributed by atoms with Crippen LogP contribution in [0.5, 0.6) is 0 Å².